The van der Waals surface area contributed by atoms with Gasteiger partial charge in [0.1, 0.15) is 0 Å². The number of nitrogens with zero attached hydrogens (tertiary/aromatic N) is 2. The number of fused-ring (bicyclic) bond motifs is 1. The van der Waals surface area contributed by atoms with Crippen molar-refractivity contribution in [1.82, 2.24) is 10.2 Å². The molecule has 126 valence electrons. The minimum atomic E-state index is 0.168. The van der Waals surface area contributed by atoms with Crippen LogP contribution in [0.1, 0.15) is 31.4 Å². The van der Waals surface area contributed by atoms with Gasteiger partial charge in [-0.05, 0) is 18.9 Å². The molecule has 1 aromatic carbocycles. The molecule has 0 radical (unpaired) electrons. The predicted molar refractivity (Wildman–Crippen MR) is 94.6 cm³/mol. The number of rotatable bonds is 3. The highest BCUT2D eigenvalue weighted by atomic mass is 16.5. The van der Waals surface area contributed by atoms with E-state index in [-0.39, 0.29) is 5.41 Å². The minimum Gasteiger partial charge on any atom is -0.377 e. The summed E-state index contributed by atoms with van der Waals surface area (Å²) in [4.78, 5) is 6.69. The summed E-state index contributed by atoms with van der Waals surface area (Å²) in [6.07, 6.45) is 1.56. The number of hydrogen-bond acceptors (Lipinski definition) is 2. The molecular weight excluding hydrogens is 286 g/mol. The second-order valence-corrected chi connectivity index (χ2v) is 7.58. The molecule has 1 saturated carbocycles. The van der Waals surface area contributed by atoms with Crippen LogP contribution in [0, 0.1) is 18.3 Å². The fourth-order valence-corrected chi connectivity index (χ4v) is 4.14. The first-order chi connectivity index (χ1) is 10.9. The zero-order valence-electron chi connectivity index (χ0n) is 15.0. The normalized spacial score (nSPS) is 28.9. The van der Waals surface area contributed by atoms with Gasteiger partial charge in [-0.1, -0.05) is 43.7 Å². The monoisotopic (exact) mass is 315 g/mol. The molecule has 0 bridgehead atoms. The number of guanidine groups is 1. The average Bonchev–Trinajstić information content (AvgIpc) is 2.97. The summed E-state index contributed by atoms with van der Waals surface area (Å²) < 4.78 is 5.89. The Morgan fingerprint density at radius 2 is 2.04 bits per heavy atom. The van der Waals surface area contributed by atoms with Crippen molar-refractivity contribution in [2.75, 3.05) is 20.7 Å². The Morgan fingerprint density at radius 1 is 1.35 bits per heavy atom. The zero-order chi connectivity index (χ0) is 16.6. The molecule has 3 atom stereocenters. The van der Waals surface area contributed by atoms with Crippen LogP contribution in [0.3, 0.4) is 0 Å². The van der Waals surface area contributed by atoms with Gasteiger partial charge in [-0.2, -0.15) is 0 Å². The van der Waals surface area contributed by atoms with E-state index in [0.29, 0.717) is 18.1 Å². The Bertz CT molecular complexity index is 579. The van der Waals surface area contributed by atoms with Gasteiger partial charge >= 0.3 is 0 Å². The van der Waals surface area contributed by atoms with Gasteiger partial charge in [0, 0.05) is 44.6 Å². The standard InChI is InChI=1S/C19H29N3O/c1-13-6-8-14(9-7-13)12-22(5)18(20-4)21-16-15-10-11-23-17(15)19(16,2)3/h6-9,15-17H,10-12H2,1-5H3,(H,20,21). The highest BCUT2D eigenvalue weighted by molar-refractivity contribution is 5.80. The molecule has 1 heterocycles. The molecule has 1 aromatic rings. The van der Waals surface area contributed by atoms with Crippen LogP contribution in [0.25, 0.3) is 0 Å². The van der Waals surface area contributed by atoms with E-state index in [1.54, 1.807) is 0 Å². The van der Waals surface area contributed by atoms with Gasteiger partial charge in [-0.3, -0.25) is 4.99 Å². The molecule has 3 rings (SSSR count). The Hall–Kier alpha value is -1.55. The fraction of sp³-hybridized carbons (Fsp3) is 0.632. The largest absolute Gasteiger partial charge is 0.377 e. The van der Waals surface area contributed by atoms with Crippen molar-refractivity contribution >= 4 is 5.96 Å². The van der Waals surface area contributed by atoms with Crippen molar-refractivity contribution in [1.29, 1.82) is 0 Å². The molecule has 0 amide bonds. The number of benzene rings is 1. The first kappa shape index (κ1) is 16.3. The number of hydrogen-bond donors (Lipinski definition) is 1. The van der Waals surface area contributed by atoms with Crippen molar-refractivity contribution in [2.24, 2.45) is 16.3 Å². The Morgan fingerprint density at radius 3 is 2.70 bits per heavy atom. The molecule has 0 spiro atoms. The predicted octanol–water partition coefficient (Wildman–Crippen LogP) is 2.82. The van der Waals surface area contributed by atoms with Gasteiger partial charge in [0.2, 0.25) is 0 Å². The summed E-state index contributed by atoms with van der Waals surface area (Å²) in [7, 11) is 3.96. The number of ether oxygens (including phenoxy) is 1. The third-order valence-electron chi connectivity index (χ3n) is 5.50. The number of nitrogens with one attached hydrogen (secondary N) is 1. The van der Waals surface area contributed by atoms with Gasteiger partial charge < -0.3 is 15.0 Å². The lowest BCUT2D eigenvalue weighted by Crippen LogP contribution is -2.67. The topological polar surface area (TPSA) is 36.9 Å². The third-order valence-corrected chi connectivity index (χ3v) is 5.50. The molecule has 4 nitrogen and oxygen atoms in total. The molecule has 4 heteroatoms. The van der Waals surface area contributed by atoms with Crippen molar-refractivity contribution in [3.05, 3.63) is 35.4 Å². The quantitative estimate of drug-likeness (QED) is 0.688. The van der Waals surface area contributed by atoms with E-state index in [9.17, 15) is 0 Å². The molecule has 23 heavy (non-hydrogen) atoms. The maximum absolute atomic E-state index is 5.89. The van der Waals surface area contributed by atoms with Gasteiger partial charge in [0.05, 0.1) is 6.10 Å². The molecule has 1 aliphatic carbocycles. The van der Waals surface area contributed by atoms with Gasteiger partial charge in [0.15, 0.2) is 5.96 Å². The van der Waals surface area contributed by atoms with Crippen LogP contribution in [0.4, 0.5) is 0 Å². The lowest BCUT2D eigenvalue weighted by Gasteiger charge is -2.55. The molecule has 0 aromatic heterocycles. The van der Waals surface area contributed by atoms with Crippen LogP contribution in [-0.4, -0.2) is 43.7 Å². The first-order valence-electron chi connectivity index (χ1n) is 8.55. The summed E-state index contributed by atoms with van der Waals surface area (Å²) in [6, 6.07) is 9.14. The summed E-state index contributed by atoms with van der Waals surface area (Å²) in [5.74, 6) is 1.59. The summed E-state index contributed by atoms with van der Waals surface area (Å²) in [5.41, 5.74) is 2.76. The summed E-state index contributed by atoms with van der Waals surface area (Å²) in [6.45, 7) is 8.47. The Kier molecular flexibility index (Phi) is 4.37. The zero-order valence-corrected chi connectivity index (χ0v) is 15.0. The van der Waals surface area contributed by atoms with Gasteiger partial charge in [0.25, 0.3) is 0 Å². The SMILES string of the molecule is CN=C(NC1C2CCOC2C1(C)C)N(C)Cc1ccc(C)cc1. The highest BCUT2D eigenvalue weighted by Crippen LogP contribution is 2.52. The second-order valence-electron chi connectivity index (χ2n) is 7.58. The maximum atomic E-state index is 5.89. The van der Waals surface area contributed by atoms with Crippen molar-refractivity contribution < 1.29 is 4.74 Å². The van der Waals surface area contributed by atoms with Gasteiger partial charge in [-0.25, -0.2) is 0 Å². The molecule has 1 saturated heterocycles. The van der Waals surface area contributed by atoms with E-state index in [0.717, 1.165) is 25.5 Å². The highest BCUT2D eigenvalue weighted by Gasteiger charge is 2.59. The summed E-state index contributed by atoms with van der Waals surface area (Å²) in [5, 5.41) is 3.69. The van der Waals surface area contributed by atoms with E-state index in [2.05, 4.69) is 67.3 Å². The molecule has 1 N–H and O–H groups in total. The molecule has 1 aliphatic heterocycles. The van der Waals surface area contributed by atoms with Crippen LogP contribution in [0.2, 0.25) is 0 Å². The molecule has 2 fully saturated rings. The first-order valence-corrected chi connectivity index (χ1v) is 8.55. The van der Waals surface area contributed by atoms with E-state index in [4.69, 9.17) is 4.74 Å². The molecule has 2 aliphatic rings. The Labute approximate surface area is 139 Å². The number of aliphatic imine (C=N–C) groups is 1. The van der Waals surface area contributed by atoms with Crippen molar-refractivity contribution in [3.63, 3.8) is 0 Å². The van der Waals surface area contributed by atoms with E-state index in [1.807, 2.05) is 7.05 Å². The minimum absolute atomic E-state index is 0.168. The van der Waals surface area contributed by atoms with Crippen LogP contribution in [0.5, 0.6) is 0 Å². The van der Waals surface area contributed by atoms with E-state index >= 15 is 0 Å². The lowest BCUT2D eigenvalue weighted by molar-refractivity contribution is -0.107. The summed E-state index contributed by atoms with van der Waals surface area (Å²) >= 11 is 0. The maximum Gasteiger partial charge on any atom is 0.193 e. The molecular formula is C19H29N3O. The third kappa shape index (κ3) is 2.97. The van der Waals surface area contributed by atoms with Crippen molar-refractivity contribution in [3.8, 4) is 0 Å². The van der Waals surface area contributed by atoms with Crippen LogP contribution in [-0.2, 0) is 11.3 Å². The second kappa shape index (κ2) is 6.16. The lowest BCUT2D eigenvalue weighted by atomic mass is 9.57. The molecule has 3 unspecified atom stereocenters. The van der Waals surface area contributed by atoms with E-state index < -0.39 is 0 Å². The van der Waals surface area contributed by atoms with Crippen LogP contribution in [0.15, 0.2) is 29.3 Å². The Balaban J connectivity index is 1.64. The smallest absolute Gasteiger partial charge is 0.193 e. The van der Waals surface area contributed by atoms with Crippen LogP contribution < -0.4 is 5.32 Å². The fourth-order valence-electron chi connectivity index (χ4n) is 4.14. The van der Waals surface area contributed by atoms with Crippen LogP contribution >= 0.6 is 0 Å². The number of aryl methyl sites for hydroxylation is 1. The average molecular weight is 315 g/mol. The van der Waals surface area contributed by atoms with E-state index in [1.165, 1.54) is 11.1 Å². The van der Waals surface area contributed by atoms with Gasteiger partial charge in [-0.15, -0.1) is 0 Å². The van der Waals surface area contributed by atoms with Crippen molar-refractivity contribution in [2.45, 2.75) is 45.9 Å².